The number of amides is 1. The zero-order valence-electron chi connectivity index (χ0n) is 20.3. The van der Waals surface area contributed by atoms with Crippen LogP contribution in [-0.4, -0.2) is 29.7 Å². The summed E-state index contributed by atoms with van der Waals surface area (Å²) >= 11 is 0. The van der Waals surface area contributed by atoms with Gasteiger partial charge in [0.25, 0.3) is 5.91 Å². The fraction of sp³-hybridized carbons (Fsp3) is 0.0645. The lowest BCUT2D eigenvalue weighted by atomic mass is 10.1. The molecule has 1 fully saturated rings. The summed E-state index contributed by atoms with van der Waals surface area (Å²) in [7, 11) is 0. The number of ether oxygens (including phenoxy) is 1. The number of aldehydes is 1. The van der Waals surface area contributed by atoms with Crippen LogP contribution in [0.25, 0.3) is 6.08 Å². The molecular formula is C31H25N3O3. The average Bonchev–Trinajstić information content (AvgIpc) is 3.24. The Morgan fingerprint density at radius 1 is 0.784 bits per heavy atom. The van der Waals surface area contributed by atoms with Crippen molar-refractivity contribution in [3.05, 3.63) is 126 Å². The quantitative estimate of drug-likeness (QED) is 0.211. The molecule has 1 amide bonds. The van der Waals surface area contributed by atoms with E-state index in [9.17, 15) is 9.59 Å². The van der Waals surface area contributed by atoms with Crippen molar-refractivity contribution >= 4 is 47.0 Å². The number of anilines is 3. The predicted octanol–water partition coefficient (Wildman–Crippen LogP) is 6.88. The summed E-state index contributed by atoms with van der Waals surface area (Å²) < 4.78 is 5.86. The number of aliphatic imine (C=N–C) groups is 1. The molecule has 0 spiro atoms. The lowest BCUT2D eigenvalue weighted by Crippen LogP contribution is -2.29. The van der Waals surface area contributed by atoms with Crippen LogP contribution in [0.5, 0.6) is 0 Å². The SMILES string of the molecule is CCN1C(=O)/C(=C\c2ccc(N(c3ccccc3)c3ccccc3)cc2)O/C1=N/c1ccccc1C=O. The number of hydrogen-bond donors (Lipinski definition) is 0. The third kappa shape index (κ3) is 5.04. The zero-order valence-corrected chi connectivity index (χ0v) is 20.3. The van der Waals surface area contributed by atoms with Crippen LogP contribution in [0.3, 0.4) is 0 Å². The topological polar surface area (TPSA) is 62.2 Å². The van der Waals surface area contributed by atoms with E-state index in [-0.39, 0.29) is 17.7 Å². The normalized spacial score (nSPS) is 15.2. The van der Waals surface area contributed by atoms with Crippen molar-refractivity contribution in [2.75, 3.05) is 11.4 Å². The fourth-order valence-electron chi connectivity index (χ4n) is 4.13. The van der Waals surface area contributed by atoms with E-state index in [4.69, 9.17) is 4.74 Å². The molecule has 1 saturated heterocycles. The number of benzene rings is 4. The van der Waals surface area contributed by atoms with Gasteiger partial charge in [-0.3, -0.25) is 14.5 Å². The number of hydrogen-bond acceptors (Lipinski definition) is 5. The largest absolute Gasteiger partial charge is 0.419 e. The maximum atomic E-state index is 13.0. The smallest absolute Gasteiger partial charge is 0.305 e. The van der Waals surface area contributed by atoms with Crippen LogP contribution in [0.15, 0.2) is 120 Å². The highest BCUT2D eigenvalue weighted by Crippen LogP contribution is 2.34. The van der Waals surface area contributed by atoms with Crippen LogP contribution in [0.4, 0.5) is 22.7 Å². The Morgan fingerprint density at radius 2 is 1.35 bits per heavy atom. The lowest BCUT2D eigenvalue weighted by Gasteiger charge is -2.25. The van der Waals surface area contributed by atoms with E-state index in [1.165, 1.54) is 4.90 Å². The van der Waals surface area contributed by atoms with Gasteiger partial charge in [0, 0.05) is 29.2 Å². The van der Waals surface area contributed by atoms with Crippen LogP contribution in [-0.2, 0) is 9.53 Å². The average molecular weight is 488 g/mol. The summed E-state index contributed by atoms with van der Waals surface area (Å²) in [6, 6.07) is 35.3. The van der Waals surface area contributed by atoms with Gasteiger partial charge in [-0.05, 0) is 67.1 Å². The molecule has 4 aromatic carbocycles. The molecule has 0 unspecified atom stereocenters. The minimum Gasteiger partial charge on any atom is -0.419 e. The first-order chi connectivity index (χ1) is 18.2. The van der Waals surface area contributed by atoms with Crippen molar-refractivity contribution in [2.24, 2.45) is 4.99 Å². The van der Waals surface area contributed by atoms with Gasteiger partial charge in [-0.25, -0.2) is 0 Å². The van der Waals surface area contributed by atoms with Crippen molar-refractivity contribution in [1.82, 2.24) is 4.90 Å². The van der Waals surface area contributed by atoms with E-state index in [2.05, 4.69) is 34.2 Å². The van der Waals surface area contributed by atoms with Gasteiger partial charge >= 0.3 is 6.02 Å². The monoisotopic (exact) mass is 487 g/mol. The number of rotatable bonds is 7. The van der Waals surface area contributed by atoms with Gasteiger partial charge in [0.15, 0.2) is 12.0 Å². The van der Waals surface area contributed by atoms with Crippen LogP contribution in [0.2, 0.25) is 0 Å². The lowest BCUT2D eigenvalue weighted by molar-refractivity contribution is -0.122. The van der Waals surface area contributed by atoms with E-state index in [0.717, 1.165) is 28.9 Å². The zero-order chi connectivity index (χ0) is 25.6. The first kappa shape index (κ1) is 23.8. The summed E-state index contributed by atoms with van der Waals surface area (Å²) in [5, 5.41) is 0. The molecule has 6 nitrogen and oxygen atoms in total. The Balaban J connectivity index is 1.44. The molecule has 0 atom stereocenters. The van der Waals surface area contributed by atoms with Crippen molar-refractivity contribution in [3.8, 4) is 0 Å². The maximum absolute atomic E-state index is 13.0. The third-order valence-corrected chi connectivity index (χ3v) is 5.96. The highest BCUT2D eigenvalue weighted by atomic mass is 16.5. The second-order valence-electron chi connectivity index (χ2n) is 8.33. The van der Waals surface area contributed by atoms with Crippen molar-refractivity contribution in [3.63, 3.8) is 0 Å². The van der Waals surface area contributed by atoms with E-state index in [1.54, 1.807) is 30.3 Å². The Labute approximate surface area is 215 Å². The molecule has 0 saturated carbocycles. The summed E-state index contributed by atoms with van der Waals surface area (Å²) in [5.41, 5.74) is 4.77. The fourth-order valence-corrected chi connectivity index (χ4v) is 4.13. The Bertz CT molecular complexity index is 1420. The predicted molar refractivity (Wildman–Crippen MR) is 146 cm³/mol. The molecule has 0 radical (unpaired) electrons. The minimum absolute atomic E-state index is 0.156. The van der Waals surface area contributed by atoms with E-state index in [1.807, 2.05) is 67.6 Å². The summed E-state index contributed by atoms with van der Waals surface area (Å²) in [5.74, 6) is -0.0935. The number of likely N-dealkylation sites (N-methyl/N-ethyl adjacent to an activating group) is 1. The van der Waals surface area contributed by atoms with Gasteiger partial charge in [0.1, 0.15) is 0 Å². The van der Waals surface area contributed by atoms with Gasteiger partial charge in [-0.1, -0.05) is 60.7 Å². The molecule has 0 N–H and O–H groups in total. The minimum atomic E-state index is -0.274. The van der Waals surface area contributed by atoms with E-state index < -0.39 is 0 Å². The molecule has 0 aromatic heterocycles. The standard InChI is InChI=1S/C31H25N3O3/c1-2-33-30(36)29(37-31(33)32-28-16-10-9-11-24(28)22-35)21-23-17-19-27(20-18-23)34(25-12-5-3-6-13-25)26-14-7-4-8-15-26/h3-22H,2H2,1H3/b29-21+,32-31+. The van der Waals surface area contributed by atoms with Crippen molar-refractivity contribution in [1.29, 1.82) is 0 Å². The molecule has 0 aliphatic carbocycles. The second kappa shape index (κ2) is 10.7. The van der Waals surface area contributed by atoms with E-state index >= 15 is 0 Å². The Hall–Kier alpha value is -4.97. The number of carbonyl (C=O) groups excluding carboxylic acids is 2. The first-order valence-electron chi connectivity index (χ1n) is 12.0. The number of nitrogens with zero attached hydrogens (tertiary/aromatic N) is 3. The number of amidine groups is 1. The molecular weight excluding hydrogens is 462 g/mol. The second-order valence-corrected chi connectivity index (χ2v) is 8.33. The van der Waals surface area contributed by atoms with Crippen LogP contribution in [0.1, 0.15) is 22.8 Å². The molecule has 1 aliphatic heterocycles. The van der Waals surface area contributed by atoms with Crippen LogP contribution >= 0.6 is 0 Å². The highest BCUT2D eigenvalue weighted by Gasteiger charge is 2.33. The Morgan fingerprint density at radius 3 is 1.95 bits per heavy atom. The van der Waals surface area contributed by atoms with Crippen LogP contribution < -0.4 is 4.90 Å². The highest BCUT2D eigenvalue weighted by molar-refractivity contribution is 6.12. The molecule has 0 bridgehead atoms. The molecule has 37 heavy (non-hydrogen) atoms. The van der Waals surface area contributed by atoms with Crippen molar-refractivity contribution < 1.29 is 14.3 Å². The molecule has 4 aromatic rings. The van der Waals surface area contributed by atoms with Crippen LogP contribution in [0, 0.1) is 0 Å². The van der Waals surface area contributed by atoms with Gasteiger partial charge in [0.05, 0.1) is 5.69 Å². The third-order valence-electron chi connectivity index (χ3n) is 5.96. The van der Waals surface area contributed by atoms with Gasteiger partial charge in [0.2, 0.25) is 0 Å². The van der Waals surface area contributed by atoms with E-state index in [0.29, 0.717) is 17.8 Å². The number of para-hydroxylation sites is 3. The molecule has 1 heterocycles. The summed E-state index contributed by atoms with van der Waals surface area (Å²) in [4.78, 5) is 32.5. The number of carbonyl (C=O) groups is 2. The van der Waals surface area contributed by atoms with Gasteiger partial charge in [-0.15, -0.1) is 0 Å². The van der Waals surface area contributed by atoms with Crippen molar-refractivity contribution in [2.45, 2.75) is 6.92 Å². The summed E-state index contributed by atoms with van der Waals surface area (Å²) in [6.45, 7) is 2.24. The van der Waals surface area contributed by atoms with Gasteiger partial charge in [-0.2, -0.15) is 4.99 Å². The van der Waals surface area contributed by atoms with Gasteiger partial charge < -0.3 is 9.64 Å². The molecule has 1 aliphatic rings. The Kier molecular flexibility index (Phi) is 6.90. The molecule has 182 valence electrons. The summed E-state index contributed by atoms with van der Waals surface area (Å²) in [6.07, 6.45) is 2.44. The first-order valence-corrected chi connectivity index (χ1v) is 12.0. The molecule has 6 heteroatoms. The molecule has 5 rings (SSSR count). The maximum Gasteiger partial charge on any atom is 0.305 e.